The maximum Gasteiger partial charge on any atom is 0.138 e. The summed E-state index contributed by atoms with van der Waals surface area (Å²) in [7, 11) is 1.95. The van der Waals surface area contributed by atoms with Crippen molar-refractivity contribution in [2.45, 2.75) is 26.0 Å². The standard InChI is InChI=1S/C11H15N3O/c1-13-11-9(5-12-13)4-10(7-15)14(11)6-8-2-3-8/h4-5,8,15H,2-3,6-7H2,1H3. The Bertz CT molecular complexity index is 493. The lowest BCUT2D eigenvalue weighted by atomic mass is 10.4. The molecule has 15 heavy (non-hydrogen) atoms. The minimum absolute atomic E-state index is 0.112. The summed E-state index contributed by atoms with van der Waals surface area (Å²) < 4.78 is 4.09. The Labute approximate surface area is 88.1 Å². The molecule has 2 aromatic rings. The Hall–Kier alpha value is -1.29. The van der Waals surface area contributed by atoms with Crippen LogP contribution in [0.2, 0.25) is 0 Å². The first kappa shape index (κ1) is 8.97. The molecule has 3 rings (SSSR count). The van der Waals surface area contributed by atoms with E-state index in [0.29, 0.717) is 0 Å². The van der Waals surface area contributed by atoms with Crippen LogP contribution in [-0.4, -0.2) is 19.5 Å². The predicted molar refractivity (Wildman–Crippen MR) is 57.4 cm³/mol. The molecule has 1 saturated carbocycles. The smallest absolute Gasteiger partial charge is 0.138 e. The normalized spacial score (nSPS) is 16.4. The number of aliphatic hydroxyl groups excluding tert-OH is 1. The Morgan fingerprint density at radius 3 is 3.00 bits per heavy atom. The van der Waals surface area contributed by atoms with Gasteiger partial charge in [0, 0.05) is 24.7 Å². The number of aliphatic hydroxyl groups is 1. The van der Waals surface area contributed by atoms with Crippen LogP contribution in [0.15, 0.2) is 12.3 Å². The monoisotopic (exact) mass is 205 g/mol. The Morgan fingerprint density at radius 2 is 2.33 bits per heavy atom. The van der Waals surface area contributed by atoms with Crippen LogP contribution in [0.4, 0.5) is 0 Å². The summed E-state index contributed by atoms with van der Waals surface area (Å²) >= 11 is 0. The molecule has 2 heterocycles. The van der Waals surface area contributed by atoms with E-state index in [2.05, 4.69) is 9.67 Å². The maximum absolute atomic E-state index is 9.31. The van der Waals surface area contributed by atoms with Crippen LogP contribution in [0.1, 0.15) is 18.5 Å². The van der Waals surface area contributed by atoms with Gasteiger partial charge in [-0.3, -0.25) is 4.68 Å². The van der Waals surface area contributed by atoms with Gasteiger partial charge in [-0.2, -0.15) is 5.10 Å². The number of hydrogen-bond acceptors (Lipinski definition) is 2. The van der Waals surface area contributed by atoms with Crippen LogP contribution >= 0.6 is 0 Å². The van der Waals surface area contributed by atoms with E-state index < -0.39 is 0 Å². The quantitative estimate of drug-likeness (QED) is 0.820. The van der Waals surface area contributed by atoms with Crippen LogP contribution < -0.4 is 0 Å². The van der Waals surface area contributed by atoms with E-state index in [0.717, 1.165) is 29.2 Å². The van der Waals surface area contributed by atoms with Gasteiger partial charge in [-0.15, -0.1) is 0 Å². The largest absolute Gasteiger partial charge is 0.390 e. The molecule has 1 fully saturated rings. The van der Waals surface area contributed by atoms with Crippen molar-refractivity contribution in [3.8, 4) is 0 Å². The summed E-state index contributed by atoms with van der Waals surface area (Å²) in [5.41, 5.74) is 2.14. The van der Waals surface area contributed by atoms with Gasteiger partial charge >= 0.3 is 0 Å². The maximum atomic E-state index is 9.31. The highest BCUT2D eigenvalue weighted by Gasteiger charge is 2.24. The van der Waals surface area contributed by atoms with Crippen LogP contribution in [-0.2, 0) is 20.2 Å². The van der Waals surface area contributed by atoms with Gasteiger partial charge in [0.2, 0.25) is 0 Å². The molecule has 4 nitrogen and oxygen atoms in total. The van der Waals surface area contributed by atoms with E-state index in [1.54, 1.807) is 0 Å². The molecular weight excluding hydrogens is 190 g/mol. The number of aryl methyl sites for hydroxylation is 1. The summed E-state index contributed by atoms with van der Waals surface area (Å²) in [5.74, 6) is 0.806. The van der Waals surface area contributed by atoms with Crippen molar-refractivity contribution in [2.24, 2.45) is 13.0 Å². The summed E-state index contributed by atoms with van der Waals surface area (Å²) in [6.45, 7) is 1.14. The van der Waals surface area contributed by atoms with Gasteiger partial charge in [-0.25, -0.2) is 0 Å². The Balaban J connectivity index is 2.14. The van der Waals surface area contributed by atoms with Gasteiger partial charge in [0.25, 0.3) is 0 Å². The van der Waals surface area contributed by atoms with E-state index >= 15 is 0 Å². The van der Waals surface area contributed by atoms with Crippen molar-refractivity contribution < 1.29 is 5.11 Å². The summed E-state index contributed by atoms with van der Waals surface area (Å²) in [6.07, 6.45) is 4.50. The van der Waals surface area contributed by atoms with Crippen molar-refractivity contribution in [1.82, 2.24) is 14.3 Å². The van der Waals surface area contributed by atoms with Gasteiger partial charge in [0.15, 0.2) is 0 Å². The third-order valence-electron chi connectivity index (χ3n) is 3.16. The average molecular weight is 205 g/mol. The van der Waals surface area contributed by atoms with Crippen molar-refractivity contribution >= 4 is 11.0 Å². The fourth-order valence-electron chi connectivity index (χ4n) is 2.17. The predicted octanol–water partition coefficient (Wildman–Crippen LogP) is 1.28. The second-order valence-electron chi connectivity index (χ2n) is 4.39. The lowest BCUT2D eigenvalue weighted by Gasteiger charge is -2.08. The highest BCUT2D eigenvalue weighted by Crippen LogP contribution is 2.33. The molecule has 0 spiro atoms. The average Bonchev–Trinajstić information content (AvgIpc) is 2.87. The minimum Gasteiger partial charge on any atom is -0.390 e. The number of rotatable bonds is 3. The lowest BCUT2D eigenvalue weighted by molar-refractivity contribution is 0.270. The summed E-state index contributed by atoms with van der Waals surface area (Å²) in [5, 5.41) is 14.7. The molecule has 1 aliphatic carbocycles. The second-order valence-corrected chi connectivity index (χ2v) is 4.39. The molecule has 0 atom stereocenters. The first-order chi connectivity index (χ1) is 7.29. The van der Waals surface area contributed by atoms with E-state index in [-0.39, 0.29) is 6.61 Å². The zero-order chi connectivity index (χ0) is 10.4. The lowest BCUT2D eigenvalue weighted by Crippen LogP contribution is -2.07. The first-order valence-corrected chi connectivity index (χ1v) is 5.40. The molecular formula is C11H15N3O. The molecule has 0 bridgehead atoms. The molecule has 2 aromatic heterocycles. The van der Waals surface area contributed by atoms with Crippen LogP contribution in [0, 0.1) is 5.92 Å². The van der Waals surface area contributed by atoms with Crippen molar-refractivity contribution in [3.05, 3.63) is 18.0 Å². The third kappa shape index (κ3) is 1.36. The third-order valence-corrected chi connectivity index (χ3v) is 3.16. The highest BCUT2D eigenvalue weighted by atomic mass is 16.3. The molecule has 0 unspecified atom stereocenters. The summed E-state index contributed by atoms with van der Waals surface area (Å²) in [4.78, 5) is 0. The minimum atomic E-state index is 0.112. The van der Waals surface area contributed by atoms with E-state index in [4.69, 9.17) is 0 Å². The molecule has 0 amide bonds. The topological polar surface area (TPSA) is 43.0 Å². The molecule has 1 aliphatic rings. The van der Waals surface area contributed by atoms with Crippen LogP contribution in [0.3, 0.4) is 0 Å². The number of nitrogens with zero attached hydrogens (tertiary/aromatic N) is 3. The van der Waals surface area contributed by atoms with E-state index in [9.17, 15) is 5.11 Å². The molecule has 4 heteroatoms. The van der Waals surface area contributed by atoms with Crippen molar-refractivity contribution in [2.75, 3.05) is 0 Å². The summed E-state index contributed by atoms with van der Waals surface area (Å²) in [6, 6.07) is 2.03. The van der Waals surface area contributed by atoms with Gasteiger partial charge in [0.1, 0.15) is 5.65 Å². The Morgan fingerprint density at radius 1 is 1.53 bits per heavy atom. The molecule has 0 aliphatic heterocycles. The van der Waals surface area contributed by atoms with Crippen LogP contribution in [0.5, 0.6) is 0 Å². The molecule has 1 N–H and O–H groups in total. The highest BCUT2D eigenvalue weighted by molar-refractivity contribution is 5.77. The molecule has 0 saturated heterocycles. The van der Waals surface area contributed by atoms with Crippen molar-refractivity contribution in [1.29, 1.82) is 0 Å². The molecule has 0 aromatic carbocycles. The number of hydrogen-bond donors (Lipinski definition) is 1. The SMILES string of the molecule is Cn1ncc2cc(CO)n(CC3CC3)c21. The second kappa shape index (κ2) is 3.10. The molecule has 80 valence electrons. The first-order valence-electron chi connectivity index (χ1n) is 5.40. The molecule has 0 radical (unpaired) electrons. The van der Waals surface area contributed by atoms with E-state index in [1.807, 2.05) is 24.0 Å². The van der Waals surface area contributed by atoms with Gasteiger partial charge in [-0.05, 0) is 24.8 Å². The zero-order valence-corrected chi connectivity index (χ0v) is 8.85. The van der Waals surface area contributed by atoms with Crippen LogP contribution in [0.25, 0.3) is 11.0 Å². The Kier molecular flexibility index (Phi) is 1.85. The number of aromatic nitrogens is 3. The fourth-order valence-corrected chi connectivity index (χ4v) is 2.17. The van der Waals surface area contributed by atoms with Gasteiger partial charge in [0.05, 0.1) is 12.8 Å². The zero-order valence-electron chi connectivity index (χ0n) is 8.85. The number of fused-ring (bicyclic) bond motifs is 1. The van der Waals surface area contributed by atoms with E-state index in [1.165, 1.54) is 12.8 Å². The van der Waals surface area contributed by atoms with Gasteiger partial charge < -0.3 is 9.67 Å². The fraction of sp³-hybridized carbons (Fsp3) is 0.545. The van der Waals surface area contributed by atoms with Crippen molar-refractivity contribution in [3.63, 3.8) is 0 Å². The van der Waals surface area contributed by atoms with Gasteiger partial charge in [-0.1, -0.05) is 0 Å².